The minimum atomic E-state index is -2.19. The number of carbonyl (C=O) groups is 5. The number of nitro groups is 1. The first-order valence-corrected chi connectivity index (χ1v) is 17.0. The van der Waals surface area contributed by atoms with Gasteiger partial charge in [-0.2, -0.15) is 0 Å². The molecule has 0 N–H and O–H groups in total. The van der Waals surface area contributed by atoms with Gasteiger partial charge >= 0.3 is 18.0 Å². The predicted octanol–water partition coefficient (Wildman–Crippen LogP) is 4.42. The summed E-state index contributed by atoms with van der Waals surface area (Å²) in [7, 11) is -2.19. The molecule has 1 aliphatic heterocycles. The fourth-order valence-corrected chi connectivity index (χ4v) is 7.93. The average molecular weight is 623 g/mol. The monoisotopic (exact) mass is 622 g/mol. The quantitative estimate of drug-likeness (QED) is 0.0678. The SMILES string of the molecule is CC[Si](CC)(CC)O[C@H](C)[C@H]1C(=O)N(C(=O)C(=O)OCc2ccc([N+](=O)[O-])cc2)[C@@H]1[C@@H](C)C(=O)COC(=O)OCC(C)C. The zero-order valence-corrected chi connectivity index (χ0v) is 26.8. The van der Waals surface area contributed by atoms with E-state index in [0.717, 1.165) is 23.0 Å². The van der Waals surface area contributed by atoms with Crippen LogP contribution in [0.4, 0.5) is 10.5 Å². The van der Waals surface area contributed by atoms with Gasteiger partial charge < -0.3 is 18.6 Å². The number of benzene rings is 1. The van der Waals surface area contributed by atoms with Gasteiger partial charge in [-0.15, -0.1) is 0 Å². The third kappa shape index (κ3) is 8.92. The van der Waals surface area contributed by atoms with E-state index < -0.39 is 73.6 Å². The number of hydrogen-bond acceptors (Lipinski definition) is 11. The lowest BCUT2D eigenvalue weighted by atomic mass is 9.75. The van der Waals surface area contributed by atoms with Gasteiger partial charge in [-0.3, -0.25) is 29.4 Å². The number of hydrogen-bond donors (Lipinski definition) is 0. The number of ketones is 1. The van der Waals surface area contributed by atoms with E-state index in [1.54, 1.807) is 6.92 Å². The van der Waals surface area contributed by atoms with E-state index in [0.29, 0.717) is 5.56 Å². The summed E-state index contributed by atoms with van der Waals surface area (Å²) in [4.78, 5) is 75.2. The molecule has 1 aliphatic rings. The number of amides is 2. The molecule has 2 rings (SSSR count). The van der Waals surface area contributed by atoms with Crippen molar-refractivity contribution in [3.8, 4) is 0 Å². The number of nitrogens with zero attached hydrogens (tertiary/aromatic N) is 2. The third-order valence-corrected chi connectivity index (χ3v) is 12.6. The normalized spacial score (nSPS) is 18.0. The summed E-state index contributed by atoms with van der Waals surface area (Å²) in [6.45, 7) is 12.1. The molecule has 0 saturated carbocycles. The number of nitro benzene ring substituents is 1. The Balaban J connectivity index is 2.22. The van der Waals surface area contributed by atoms with Crippen molar-refractivity contribution in [2.75, 3.05) is 13.2 Å². The highest BCUT2D eigenvalue weighted by Gasteiger charge is 2.58. The average Bonchev–Trinajstić information content (AvgIpc) is 2.98. The fourth-order valence-electron chi connectivity index (χ4n) is 5.00. The molecule has 1 aromatic carbocycles. The molecule has 0 spiro atoms. The summed E-state index contributed by atoms with van der Waals surface area (Å²) in [5, 5.41) is 10.9. The molecular weight excluding hydrogens is 580 g/mol. The number of likely N-dealkylation sites (tertiary alicyclic amines) is 1. The molecule has 238 valence electrons. The summed E-state index contributed by atoms with van der Waals surface area (Å²) in [6, 6.07) is 6.61. The van der Waals surface area contributed by atoms with Gasteiger partial charge in [-0.1, -0.05) is 41.5 Å². The minimum absolute atomic E-state index is 0.0650. The zero-order chi connectivity index (χ0) is 32.5. The number of imide groups is 1. The van der Waals surface area contributed by atoms with E-state index in [2.05, 4.69) is 0 Å². The maximum atomic E-state index is 13.4. The second-order valence-electron chi connectivity index (χ2n) is 11.1. The Morgan fingerprint density at radius 2 is 1.53 bits per heavy atom. The van der Waals surface area contributed by atoms with Gasteiger partial charge in [-0.25, -0.2) is 9.59 Å². The van der Waals surface area contributed by atoms with Crippen LogP contribution in [0, 0.1) is 27.9 Å². The number of esters is 1. The van der Waals surface area contributed by atoms with Crippen molar-refractivity contribution in [2.24, 2.45) is 17.8 Å². The lowest BCUT2D eigenvalue weighted by Gasteiger charge is -2.50. The largest absolute Gasteiger partial charge is 0.508 e. The summed E-state index contributed by atoms with van der Waals surface area (Å²) < 4.78 is 21.5. The Bertz CT molecular complexity index is 1180. The Morgan fingerprint density at radius 3 is 2.05 bits per heavy atom. The van der Waals surface area contributed by atoms with Crippen LogP contribution in [0.3, 0.4) is 0 Å². The second kappa shape index (κ2) is 15.7. The molecule has 14 heteroatoms. The van der Waals surface area contributed by atoms with Crippen LogP contribution >= 0.6 is 0 Å². The van der Waals surface area contributed by atoms with Gasteiger partial charge in [0.15, 0.2) is 20.7 Å². The van der Waals surface area contributed by atoms with Crippen LogP contribution in [0.2, 0.25) is 18.1 Å². The lowest BCUT2D eigenvalue weighted by molar-refractivity contribution is -0.384. The first-order valence-electron chi connectivity index (χ1n) is 14.5. The van der Waals surface area contributed by atoms with E-state index in [4.69, 9.17) is 18.6 Å². The highest BCUT2D eigenvalue weighted by molar-refractivity contribution is 6.73. The van der Waals surface area contributed by atoms with Crippen molar-refractivity contribution in [3.63, 3.8) is 0 Å². The molecule has 1 heterocycles. The molecule has 1 saturated heterocycles. The molecular formula is C29H42N2O11Si. The second-order valence-corrected chi connectivity index (χ2v) is 15.8. The molecule has 1 aromatic rings. The van der Waals surface area contributed by atoms with Crippen molar-refractivity contribution < 1.29 is 47.5 Å². The van der Waals surface area contributed by atoms with Crippen LogP contribution in [0.1, 0.15) is 54.0 Å². The summed E-state index contributed by atoms with van der Waals surface area (Å²) in [6.07, 6.45) is -1.66. The predicted molar refractivity (Wildman–Crippen MR) is 156 cm³/mol. The van der Waals surface area contributed by atoms with Gasteiger partial charge in [0.1, 0.15) is 6.61 Å². The Kier molecular flexibility index (Phi) is 13.0. The standard InChI is InChI=1S/C29H42N2O11Si/c1-8-43(9-2,10-3)42-20(7)24-25(19(6)23(32)17-41-29(36)40-15-18(4)5)30(26(24)33)27(34)28(35)39-16-21-11-13-22(14-12-21)31(37)38/h11-14,18-20,24-25H,8-10,15-17H2,1-7H3/t19-,20+,24+,25+/m0/s1. The molecule has 4 atom stereocenters. The first kappa shape index (κ1) is 35.5. The summed E-state index contributed by atoms with van der Waals surface area (Å²) in [5.41, 5.74) is 0.239. The molecule has 0 unspecified atom stereocenters. The molecule has 43 heavy (non-hydrogen) atoms. The Hall–Kier alpha value is -3.65. The maximum absolute atomic E-state index is 13.4. The first-order chi connectivity index (χ1) is 20.2. The highest BCUT2D eigenvalue weighted by Crippen LogP contribution is 2.39. The number of ether oxygens (including phenoxy) is 3. The van der Waals surface area contributed by atoms with Gasteiger partial charge in [0.25, 0.3) is 5.69 Å². The molecule has 13 nitrogen and oxygen atoms in total. The van der Waals surface area contributed by atoms with Gasteiger partial charge in [0.2, 0.25) is 5.91 Å². The molecule has 0 aliphatic carbocycles. The summed E-state index contributed by atoms with van der Waals surface area (Å²) >= 11 is 0. The van der Waals surface area contributed by atoms with E-state index in [9.17, 15) is 34.1 Å². The lowest BCUT2D eigenvalue weighted by Crippen LogP contribution is -2.71. The fraction of sp³-hybridized carbons (Fsp3) is 0.621. The van der Waals surface area contributed by atoms with Gasteiger partial charge in [-0.05, 0) is 48.7 Å². The number of rotatable bonds is 15. The molecule has 0 bridgehead atoms. The van der Waals surface area contributed by atoms with Crippen LogP contribution < -0.4 is 0 Å². The number of carbonyl (C=O) groups excluding carboxylic acids is 5. The topological polar surface area (TPSA) is 169 Å². The Labute approximate surface area is 252 Å². The van der Waals surface area contributed by atoms with Gasteiger partial charge in [0, 0.05) is 18.1 Å². The van der Waals surface area contributed by atoms with Crippen molar-refractivity contribution in [1.82, 2.24) is 4.90 Å². The van der Waals surface area contributed by atoms with Crippen molar-refractivity contribution in [1.29, 1.82) is 0 Å². The number of non-ortho nitro benzene ring substituents is 1. The molecule has 0 radical (unpaired) electrons. The maximum Gasteiger partial charge on any atom is 0.508 e. The van der Waals surface area contributed by atoms with E-state index in [-0.39, 0.29) is 24.8 Å². The molecule has 1 fully saturated rings. The van der Waals surface area contributed by atoms with Crippen LogP contribution in [-0.2, 0) is 44.4 Å². The summed E-state index contributed by atoms with van der Waals surface area (Å²) in [5.74, 6) is -5.64. The minimum Gasteiger partial charge on any atom is -0.454 e. The van der Waals surface area contributed by atoms with Gasteiger partial charge in [0.05, 0.1) is 29.6 Å². The highest BCUT2D eigenvalue weighted by atomic mass is 28.4. The van der Waals surface area contributed by atoms with Crippen LogP contribution in [-0.4, -0.2) is 73.2 Å². The van der Waals surface area contributed by atoms with Crippen LogP contribution in [0.5, 0.6) is 0 Å². The van der Waals surface area contributed by atoms with Crippen molar-refractivity contribution in [3.05, 3.63) is 39.9 Å². The number of β-lactam (4-membered cyclic amide) rings is 1. The van der Waals surface area contributed by atoms with E-state index in [1.807, 2.05) is 34.6 Å². The third-order valence-electron chi connectivity index (χ3n) is 7.86. The van der Waals surface area contributed by atoms with Crippen molar-refractivity contribution in [2.45, 2.75) is 85.4 Å². The van der Waals surface area contributed by atoms with Crippen LogP contribution in [0.25, 0.3) is 0 Å². The van der Waals surface area contributed by atoms with E-state index >= 15 is 0 Å². The zero-order valence-electron chi connectivity index (χ0n) is 25.8. The van der Waals surface area contributed by atoms with Crippen molar-refractivity contribution >= 4 is 43.7 Å². The molecule has 0 aromatic heterocycles. The number of Topliss-reactive ketones (excluding diaryl/α,β-unsaturated/α-hetero) is 1. The van der Waals surface area contributed by atoms with Crippen LogP contribution in [0.15, 0.2) is 24.3 Å². The Morgan fingerprint density at radius 1 is 0.953 bits per heavy atom. The van der Waals surface area contributed by atoms with E-state index in [1.165, 1.54) is 31.2 Å². The smallest absolute Gasteiger partial charge is 0.454 e. The molecule has 2 amide bonds.